The summed E-state index contributed by atoms with van der Waals surface area (Å²) in [6.07, 6.45) is 6.59. The van der Waals surface area contributed by atoms with Crippen LogP contribution in [0.1, 0.15) is 17.1 Å². The molecule has 5 rings (SSSR count). The molecule has 4 aromatic rings. The molecule has 2 aromatic heterocycles. The minimum atomic E-state index is 0.309. The molecule has 10 heteroatoms. The lowest BCUT2D eigenvalue weighted by molar-refractivity contribution is 0.284. The van der Waals surface area contributed by atoms with Gasteiger partial charge in [0.1, 0.15) is 23.8 Å². The highest BCUT2D eigenvalue weighted by atomic mass is 35.5. The maximum absolute atomic E-state index is 6.14. The van der Waals surface area contributed by atoms with Crippen molar-refractivity contribution in [2.24, 2.45) is 4.99 Å². The number of nitrogens with zero attached hydrogens (tertiary/aromatic N) is 4. The number of fused-ring (bicyclic) bond motifs is 1. The third-order valence-corrected chi connectivity index (χ3v) is 6.68. The lowest BCUT2D eigenvalue weighted by atomic mass is 10.2. The summed E-state index contributed by atoms with van der Waals surface area (Å²) in [7, 11) is 1.60. The van der Waals surface area contributed by atoms with Crippen molar-refractivity contribution in [3.05, 3.63) is 74.9 Å². The van der Waals surface area contributed by atoms with Crippen LogP contribution in [0.25, 0.3) is 10.9 Å². The molecule has 0 radical (unpaired) electrons. The SMILES string of the molecule is COc1cc2c(Nc3ccc(Cl)c(Cl)c3)ncnc2cc1OCc1nc(C2=NCCC=C2)cs1. The zero-order valence-corrected chi connectivity index (χ0v) is 20.4. The summed E-state index contributed by atoms with van der Waals surface area (Å²) in [5.74, 6) is 1.75. The Morgan fingerprint density at radius 3 is 2.79 bits per heavy atom. The maximum atomic E-state index is 6.14. The van der Waals surface area contributed by atoms with Crippen molar-refractivity contribution in [1.29, 1.82) is 0 Å². The Morgan fingerprint density at radius 2 is 2.00 bits per heavy atom. The van der Waals surface area contributed by atoms with E-state index in [1.54, 1.807) is 19.2 Å². The van der Waals surface area contributed by atoms with E-state index in [1.165, 1.54) is 17.7 Å². The number of aliphatic imine (C=N–C) groups is 1. The summed E-state index contributed by atoms with van der Waals surface area (Å²) < 4.78 is 11.7. The summed E-state index contributed by atoms with van der Waals surface area (Å²) in [6.45, 7) is 1.11. The Morgan fingerprint density at radius 1 is 1.09 bits per heavy atom. The molecule has 0 fully saturated rings. The van der Waals surface area contributed by atoms with Crippen LogP contribution in [-0.4, -0.2) is 34.3 Å². The van der Waals surface area contributed by atoms with Gasteiger partial charge < -0.3 is 14.8 Å². The largest absolute Gasteiger partial charge is 0.493 e. The van der Waals surface area contributed by atoms with Gasteiger partial charge in [-0.05, 0) is 36.8 Å². The van der Waals surface area contributed by atoms with Gasteiger partial charge in [0, 0.05) is 29.1 Å². The Labute approximate surface area is 210 Å². The van der Waals surface area contributed by atoms with Gasteiger partial charge in [-0.1, -0.05) is 29.3 Å². The number of halogens is 2. The van der Waals surface area contributed by atoms with Gasteiger partial charge in [0.05, 0.1) is 34.1 Å². The minimum Gasteiger partial charge on any atom is -0.493 e. The van der Waals surface area contributed by atoms with Crippen molar-refractivity contribution < 1.29 is 9.47 Å². The lowest BCUT2D eigenvalue weighted by Crippen LogP contribution is -2.04. The number of nitrogens with one attached hydrogen (secondary N) is 1. The van der Waals surface area contributed by atoms with Crippen LogP contribution in [0.4, 0.5) is 11.5 Å². The normalized spacial score (nSPS) is 13.1. The van der Waals surface area contributed by atoms with E-state index in [0.717, 1.165) is 40.5 Å². The van der Waals surface area contributed by atoms with Crippen LogP contribution < -0.4 is 14.8 Å². The number of hydrogen-bond acceptors (Lipinski definition) is 8. The van der Waals surface area contributed by atoms with Gasteiger partial charge in [-0.2, -0.15) is 0 Å². The second kappa shape index (κ2) is 9.97. The van der Waals surface area contributed by atoms with Crippen LogP contribution in [0.2, 0.25) is 10.0 Å². The second-order valence-corrected chi connectivity index (χ2v) is 9.13. The third-order valence-electron chi connectivity index (χ3n) is 5.12. The predicted molar refractivity (Wildman–Crippen MR) is 137 cm³/mol. The number of methoxy groups -OCH3 is 1. The zero-order valence-electron chi connectivity index (χ0n) is 18.1. The van der Waals surface area contributed by atoms with Gasteiger partial charge in [0.25, 0.3) is 0 Å². The van der Waals surface area contributed by atoms with Crippen molar-refractivity contribution in [3.8, 4) is 11.5 Å². The average Bonchev–Trinajstić information content (AvgIpc) is 3.34. The number of aromatic nitrogens is 3. The predicted octanol–water partition coefficient (Wildman–Crippen LogP) is 6.47. The molecule has 2 aromatic carbocycles. The molecular weight excluding hydrogens is 493 g/mol. The Balaban J connectivity index is 1.38. The number of benzene rings is 2. The summed E-state index contributed by atoms with van der Waals surface area (Å²) in [4.78, 5) is 18.0. The number of dihydropyridines is 1. The topological polar surface area (TPSA) is 81.5 Å². The number of allylic oxidation sites excluding steroid dienone is 1. The molecule has 172 valence electrons. The van der Waals surface area contributed by atoms with Gasteiger partial charge >= 0.3 is 0 Å². The van der Waals surface area contributed by atoms with Gasteiger partial charge in [-0.3, -0.25) is 4.99 Å². The van der Waals surface area contributed by atoms with Gasteiger partial charge in [-0.15, -0.1) is 11.3 Å². The van der Waals surface area contributed by atoms with E-state index in [1.807, 2.05) is 29.7 Å². The van der Waals surface area contributed by atoms with E-state index in [-0.39, 0.29) is 0 Å². The molecule has 1 N–H and O–H groups in total. The highest BCUT2D eigenvalue weighted by Gasteiger charge is 2.14. The minimum absolute atomic E-state index is 0.309. The van der Waals surface area contributed by atoms with Gasteiger partial charge in [0.15, 0.2) is 11.5 Å². The fourth-order valence-electron chi connectivity index (χ4n) is 3.45. The first-order chi connectivity index (χ1) is 16.6. The van der Waals surface area contributed by atoms with Crippen LogP contribution in [0, 0.1) is 0 Å². The maximum Gasteiger partial charge on any atom is 0.163 e. The van der Waals surface area contributed by atoms with Crippen molar-refractivity contribution in [2.45, 2.75) is 13.0 Å². The molecule has 34 heavy (non-hydrogen) atoms. The van der Waals surface area contributed by atoms with E-state index in [4.69, 9.17) is 32.7 Å². The monoisotopic (exact) mass is 511 g/mol. The second-order valence-electron chi connectivity index (χ2n) is 7.37. The fraction of sp³-hybridized carbons (Fsp3) is 0.167. The molecule has 0 atom stereocenters. The molecule has 0 bridgehead atoms. The zero-order chi connectivity index (χ0) is 23.5. The van der Waals surface area contributed by atoms with Crippen LogP contribution in [0.3, 0.4) is 0 Å². The molecule has 0 saturated carbocycles. The number of anilines is 2. The molecule has 0 amide bonds. The molecule has 1 aliphatic rings. The van der Waals surface area contributed by atoms with Gasteiger partial charge in [0.2, 0.25) is 0 Å². The quantitative estimate of drug-likeness (QED) is 0.306. The molecule has 0 unspecified atom stereocenters. The van der Waals surface area contributed by atoms with Crippen LogP contribution in [0.5, 0.6) is 11.5 Å². The van der Waals surface area contributed by atoms with E-state index in [0.29, 0.717) is 39.5 Å². The van der Waals surface area contributed by atoms with E-state index < -0.39 is 0 Å². The van der Waals surface area contributed by atoms with Crippen molar-refractivity contribution in [3.63, 3.8) is 0 Å². The summed E-state index contributed by atoms with van der Waals surface area (Å²) >= 11 is 13.7. The molecule has 1 aliphatic heterocycles. The van der Waals surface area contributed by atoms with Crippen molar-refractivity contribution in [1.82, 2.24) is 15.0 Å². The highest BCUT2D eigenvalue weighted by molar-refractivity contribution is 7.09. The highest BCUT2D eigenvalue weighted by Crippen LogP contribution is 2.36. The van der Waals surface area contributed by atoms with Crippen LogP contribution in [-0.2, 0) is 6.61 Å². The number of hydrogen-bond donors (Lipinski definition) is 1. The van der Waals surface area contributed by atoms with Gasteiger partial charge in [-0.25, -0.2) is 15.0 Å². The van der Waals surface area contributed by atoms with Crippen molar-refractivity contribution in [2.75, 3.05) is 19.0 Å². The first kappa shape index (κ1) is 22.6. The van der Waals surface area contributed by atoms with E-state index >= 15 is 0 Å². The standard InChI is InChI=1S/C24H19Cl2N5O2S/c1-32-21-9-15-19(28-13-29-24(15)30-14-5-6-16(25)17(26)8-14)10-22(21)33-11-23-31-20(12-34-23)18-4-2-3-7-27-18/h2,4-6,8-10,12-13H,3,7,11H2,1H3,(H,28,29,30). The van der Waals surface area contributed by atoms with Crippen LogP contribution in [0.15, 0.2) is 59.2 Å². The molecule has 3 heterocycles. The first-order valence-electron chi connectivity index (χ1n) is 10.4. The molecule has 0 aliphatic carbocycles. The molecule has 0 spiro atoms. The van der Waals surface area contributed by atoms with Crippen LogP contribution >= 0.6 is 34.5 Å². The third kappa shape index (κ3) is 4.84. The number of rotatable bonds is 7. The van der Waals surface area contributed by atoms with E-state index in [9.17, 15) is 0 Å². The number of thiazole rings is 1. The smallest absolute Gasteiger partial charge is 0.163 e. The van der Waals surface area contributed by atoms with Crippen molar-refractivity contribution >= 4 is 62.7 Å². The molecule has 0 saturated heterocycles. The number of ether oxygens (including phenoxy) is 2. The molecular formula is C24H19Cl2N5O2S. The Kier molecular flexibility index (Phi) is 6.62. The average molecular weight is 512 g/mol. The summed E-state index contributed by atoms with van der Waals surface area (Å²) in [5, 5.41) is 7.82. The fourth-order valence-corrected chi connectivity index (χ4v) is 4.45. The Hall–Kier alpha value is -3.20. The van der Waals surface area contributed by atoms with E-state index in [2.05, 4.69) is 31.3 Å². The first-order valence-corrected chi connectivity index (χ1v) is 12.1. The summed E-state index contributed by atoms with van der Waals surface area (Å²) in [5.41, 5.74) is 3.24. The summed E-state index contributed by atoms with van der Waals surface area (Å²) in [6, 6.07) is 8.97. The Bertz CT molecular complexity index is 1420. The molecule has 7 nitrogen and oxygen atoms in total. The lowest BCUT2D eigenvalue weighted by Gasteiger charge is -2.13.